The van der Waals surface area contributed by atoms with Gasteiger partial charge in [0.1, 0.15) is 0 Å². The topological polar surface area (TPSA) is 72.2 Å². The summed E-state index contributed by atoms with van der Waals surface area (Å²) < 4.78 is 27.5. The van der Waals surface area contributed by atoms with Crippen LogP contribution in [-0.4, -0.2) is 15.0 Å². The fraction of sp³-hybridized carbons (Fsp3) is 0.250. The number of rotatable bonds is 5. The molecule has 0 amide bonds. The zero-order chi connectivity index (χ0) is 15.5. The molecule has 4 nitrogen and oxygen atoms in total. The van der Waals surface area contributed by atoms with Crippen LogP contribution in [0.1, 0.15) is 16.7 Å². The summed E-state index contributed by atoms with van der Waals surface area (Å²) in [4.78, 5) is 0.255. The van der Waals surface area contributed by atoms with E-state index < -0.39 is 10.0 Å². The lowest BCUT2D eigenvalue weighted by atomic mass is 10.1. The number of hydrogen-bond donors (Lipinski definition) is 2. The van der Waals surface area contributed by atoms with Gasteiger partial charge in [0.05, 0.1) is 10.6 Å². The third-order valence-electron chi connectivity index (χ3n) is 3.38. The van der Waals surface area contributed by atoms with Gasteiger partial charge >= 0.3 is 0 Å². The molecule has 3 N–H and O–H groups in total. The Morgan fingerprint density at radius 1 is 1.00 bits per heavy atom. The summed E-state index contributed by atoms with van der Waals surface area (Å²) in [5.41, 5.74) is 8.96. The van der Waals surface area contributed by atoms with E-state index in [9.17, 15) is 8.42 Å². The summed E-state index contributed by atoms with van der Waals surface area (Å²) in [5.74, 6) is 0. The molecular weight excluding hydrogens is 284 g/mol. The smallest absolute Gasteiger partial charge is 0.261 e. The van der Waals surface area contributed by atoms with Crippen molar-refractivity contribution in [3.63, 3.8) is 0 Å². The first-order valence-electron chi connectivity index (χ1n) is 6.82. The predicted octanol–water partition coefficient (Wildman–Crippen LogP) is 2.61. The van der Waals surface area contributed by atoms with E-state index in [0.29, 0.717) is 12.2 Å². The van der Waals surface area contributed by atoms with Gasteiger partial charge in [-0.25, -0.2) is 8.42 Å². The summed E-state index contributed by atoms with van der Waals surface area (Å²) in [6.45, 7) is 4.32. The summed E-state index contributed by atoms with van der Waals surface area (Å²) in [5, 5.41) is 0. The molecule has 112 valence electrons. The van der Waals surface area contributed by atoms with Gasteiger partial charge in [-0.1, -0.05) is 30.3 Å². The maximum absolute atomic E-state index is 12.4. The number of aryl methyl sites for hydroxylation is 2. The Morgan fingerprint density at radius 3 is 2.10 bits per heavy atom. The molecule has 0 saturated heterocycles. The predicted molar refractivity (Wildman–Crippen MR) is 85.9 cm³/mol. The highest BCUT2D eigenvalue weighted by Gasteiger charge is 2.16. The van der Waals surface area contributed by atoms with Crippen molar-refractivity contribution in [1.82, 2.24) is 0 Å². The summed E-state index contributed by atoms with van der Waals surface area (Å²) in [6.07, 6.45) is 0.741. The molecule has 0 aliphatic carbocycles. The highest BCUT2D eigenvalue weighted by molar-refractivity contribution is 7.92. The third-order valence-corrected chi connectivity index (χ3v) is 4.75. The number of nitrogens with one attached hydrogen (secondary N) is 1. The van der Waals surface area contributed by atoms with Crippen molar-refractivity contribution in [2.75, 3.05) is 11.3 Å². The van der Waals surface area contributed by atoms with Gasteiger partial charge in [-0.2, -0.15) is 0 Å². The van der Waals surface area contributed by atoms with E-state index in [1.807, 2.05) is 32.0 Å². The molecule has 0 radical (unpaired) electrons. The van der Waals surface area contributed by atoms with Crippen LogP contribution in [0, 0.1) is 13.8 Å². The SMILES string of the molecule is Cc1cccc(C)c1NS(=O)(=O)c1ccc(CCN)cc1. The zero-order valence-corrected chi connectivity index (χ0v) is 13.1. The Kier molecular flexibility index (Phi) is 4.65. The second-order valence-corrected chi connectivity index (χ2v) is 6.74. The van der Waals surface area contributed by atoms with Crippen LogP contribution in [-0.2, 0) is 16.4 Å². The summed E-state index contributed by atoms with van der Waals surface area (Å²) in [7, 11) is -3.57. The van der Waals surface area contributed by atoms with Crippen molar-refractivity contribution in [2.45, 2.75) is 25.2 Å². The molecule has 0 aliphatic rings. The molecule has 2 aromatic carbocycles. The molecule has 0 saturated carbocycles. The molecular formula is C16H20N2O2S. The minimum absolute atomic E-state index is 0.255. The lowest BCUT2D eigenvalue weighted by Gasteiger charge is -2.13. The Hall–Kier alpha value is -1.85. The van der Waals surface area contributed by atoms with Crippen LogP contribution in [0.3, 0.4) is 0 Å². The summed E-state index contributed by atoms with van der Waals surface area (Å²) >= 11 is 0. The molecule has 21 heavy (non-hydrogen) atoms. The van der Waals surface area contributed by atoms with Crippen LogP contribution in [0.4, 0.5) is 5.69 Å². The van der Waals surface area contributed by atoms with E-state index in [1.165, 1.54) is 0 Å². The average molecular weight is 304 g/mol. The summed E-state index contributed by atoms with van der Waals surface area (Å²) in [6, 6.07) is 12.5. The molecule has 0 fully saturated rings. The monoisotopic (exact) mass is 304 g/mol. The standard InChI is InChI=1S/C16H20N2O2S/c1-12-4-3-5-13(2)16(12)18-21(19,20)15-8-6-14(7-9-15)10-11-17/h3-9,18H,10-11,17H2,1-2H3. The third kappa shape index (κ3) is 3.62. The quantitative estimate of drug-likeness (QED) is 0.892. The highest BCUT2D eigenvalue weighted by Crippen LogP contribution is 2.23. The van der Waals surface area contributed by atoms with Crippen LogP contribution in [0.15, 0.2) is 47.4 Å². The van der Waals surface area contributed by atoms with Gasteiger partial charge in [-0.15, -0.1) is 0 Å². The van der Waals surface area contributed by atoms with E-state index in [4.69, 9.17) is 5.73 Å². The molecule has 0 aliphatic heterocycles. The van der Waals surface area contributed by atoms with Gasteiger partial charge < -0.3 is 5.73 Å². The average Bonchev–Trinajstić information content (AvgIpc) is 2.44. The first kappa shape index (κ1) is 15.5. The molecule has 0 unspecified atom stereocenters. The van der Waals surface area contributed by atoms with Crippen LogP contribution in [0.25, 0.3) is 0 Å². The molecule has 5 heteroatoms. The molecule has 0 aromatic heterocycles. The number of para-hydroxylation sites is 1. The minimum atomic E-state index is -3.57. The van der Waals surface area contributed by atoms with Gasteiger partial charge in [0.15, 0.2) is 0 Å². The van der Waals surface area contributed by atoms with Gasteiger partial charge in [0.25, 0.3) is 10.0 Å². The van der Waals surface area contributed by atoms with Gasteiger partial charge in [0, 0.05) is 0 Å². The molecule has 0 heterocycles. The van der Waals surface area contributed by atoms with Crippen molar-refractivity contribution in [3.05, 3.63) is 59.2 Å². The van der Waals surface area contributed by atoms with Crippen molar-refractivity contribution >= 4 is 15.7 Å². The number of nitrogens with two attached hydrogens (primary N) is 1. The van der Waals surface area contributed by atoms with Crippen LogP contribution in [0.2, 0.25) is 0 Å². The fourth-order valence-electron chi connectivity index (χ4n) is 2.17. The lowest BCUT2D eigenvalue weighted by Crippen LogP contribution is -2.14. The van der Waals surface area contributed by atoms with Crippen molar-refractivity contribution in [1.29, 1.82) is 0 Å². The van der Waals surface area contributed by atoms with E-state index in [0.717, 1.165) is 23.1 Å². The van der Waals surface area contributed by atoms with E-state index in [2.05, 4.69) is 4.72 Å². The van der Waals surface area contributed by atoms with Gasteiger partial charge in [-0.05, 0) is 55.6 Å². The number of benzene rings is 2. The maximum Gasteiger partial charge on any atom is 0.261 e. The molecule has 0 atom stereocenters. The molecule has 0 spiro atoms. The molecule has 2 rings (SSSR count). The maximum atomic E-state index is 12.4. The van der Waals surface area contributed by atoms with E-state index in [-0.39, 0.29) is 4.90 Å². The highest BCUT2D eigenvalue weighted by atomic mass is 32.2. The minimum Gasteiger partial charge on any atom is -0.330 e. The number of anilines is 1. The van der Waals surface area contributed by atoms with Crippen LogP contribution >= 0.6 is 0 Å². The zero-order valence-electron chi connectivity index (χ0n) is 12.3. The normalized spacial score (nSPS) is 11.4. The van der Waals surface area contributed by atoms with Gasteiger partial charge in [0.2, 0.25) is 0 Å². The Bertz CT molecular complexity index is 702. The largest absolute Gasteiger partial charge is 0.330 e. The second kappa shape index (κ2) is 6.28. The molecule has 2 aromatic rings. The van der Waals surface area contributed by atoms with E-state index >= 15 is 0 Å². The Balaban J connectivity index is 2.30. The second-order valence-electron chi connectivity index (χ2n) is 5.05. The van der Waals surface area contributed by atoms with Crippen molar-refractivity contribution < 1.29 is 8.42 Å². The van der Waals surface area contributed by atoms with Gasteiger partial charge in [-0.3, -0.25) is 4.72 Å². The van der Waals surface area contributed by atoms with Crippen molar-refractivity contribution in [2.24, 2.45) is 5.73 Å². The molecule has 0 bridgehead atoms. The fourth-order valence-corrected chi connectivity index (χ4v) is 3.37. The number of hydrogen-bond acceptors (Lipinski definition) is 3. The lowest BCUT2D eigenvalue weighted by molar-refractivity contribution is 0.601. The first-order chi connectivity index (χ1) is 9.94. The van der Waals surface area contributed by atoms with E-state index in [1.54, 1.807) is 24.3 Å². The van der Waals surface area contributed by atoms with Crippen molar-refractivity contribution in [3.8, 4) is 0 Å². The van der Waals surface area contributed by atoms with Crippen LogP contribution < -0.4 is 10.5 Å². The number of sulfonamides is 1. The Labute approximate surface area is 126 Å². The Morgan fingerprint density at radius 2 is 1.57 bits per heavy atom. The first-order valence-corrected chi connectivity index (χ1v) is 8.30. The van der Waals surface area contributed by atoms with Crippen LogP contribution in [0.5, 0.6) is 0 Å².